The number of nitrogens with zero attached hydrogens (tertiary/aromatic N) is 1. The van der Waals surface area contributed by atoms with Crippen molar-refractivity contribution in [2.75, 3.05) is 11.9 Å². The molecule has 168 valence electrons. The average Bonchev–Trinajstić information content (AvgIpc) is 3.41. The molecule has 0 bridgehead atoms. The molecule has 8 heteroatoms. The maximum Gasteiger partial charge on any atom is 0.183 e. The number of hydrogen-bond acceptors (Lipinski definition) is 4. The van der Waals surface area contributed by atoms with Gasteiger partial charge in [0.25, 0.3) is 0 Å². The van der Waals surface area contributed by atoms with Gasteiger partial charge in [-0.3, -0.25) is 0 Å². The van der Waals surface area contributed by atoms with Gasteiger partial charge in [0.1, 0.15) is 17.4 Å². The lowest BCUT2D eigenvalue weighted by molar-refractivity contribution is 0.357. The molecule has 0 spiro atoms. The average molecular weight is 503 g/mol. The molecule has 2 heterocycles. The Hall–Kier alpha value is -2.67. The molecule has 4 aromatic rings. The number of halogens is 4. The summed E-state index contributed by atoms with van der Waals surface area (Å²) >= 11 is 14.1. The Morgan fingerprint density at radius 2 is 1.85 bits per heavy atom. The van der Waals surface area contributed by atoms with E-state index in [0.717, 1.165) is 34.2 Å². The molecule has 33 heavy (non-hydrogen) atoms. The highest BCUT2D eigenvalue weighted by Gasteiger charge is 2.20. The zero-order valence-corrected chi connectivity index (χ0v) is 19.6. The molecule has 0 unspecified atom stereocenters. The van der Waals surface area contributed by atoms with Crippen molar-refractivity contribution in [3.63, 3.8) is 0 Å². The van der Waals surface area contributed by atoms with Gasteiger partial charge in [-0.1, -0.05) is 41.4 Å². The van der Waals surface area contributed by atoms with Gasteiger partial charge in [-0.2, -0.15) is 0 Å². The highest BCUT2D eigenvalue weighted by atomic mass is 35.5. The van der Waals surface area contributed by atoms with Crippen LogP contribution in [0, 0.1) is 11.6 Å². The molecule has 1 N–H and O–H groups in total. The van der Waals surface area contributed by atoms with Crippen molar-refractivity contribution in [2.45, 2.75) is 19.4 Å². The minimum Gasteiger partial charge on any atom is -0.493 e. The quantitative estimate of drug-likeness (QED) is 0.295. The van der Waals surface area contributed by atoms with Crippen LogP contribution in [0.15, 0.2) is 54.6 Å². The maximum atomic E-state index is 14.6. The zero-order valence-electron chi connectivity index (χ0n) is 17.3. The largest absolute Gasteiger partial charge is 0.493 e. The van der Waals surface area contributed by atoms with E-state index in [1.807, 2.05) is 12.1 Å². The van der Waals surface area contributed by atoms with Crippen LogP contribution in [0.2, 0.25) is 10.0 Å². The van der Waals surface area contributed by atoms with Crippen LogP contribution in [0.5, 0.6) is 5.75 Å². The third-order valence-electron chi connectivity index (χ3n) is 5.48. The molecule has 3 aromatic carbocycles. The third-order valence-corrected chi connectivity index (χ3v) is 7.20. The van der Waals surface area contributed by atoms with Crippen LogP contribution in [0.1, 0.15) is 21.6 Å². The molecule has 1 aliphatic rings. The summed E-state index contributed by atoms with van der Waals surface area (Å²) in [5.74, 6) is -0.376. The summed E-state index contributed by atoms with van der Waals surface area (Å²) in [5, 5.41) is 5.01. The van der Waals surface area contributed by atoms with Crippen molar-refractivity contribution < 1.29 is 13.5 Å². The first-order valence-electron chi connectivity index (χ1n) is 10.3. The maximum absolute atomic E-state index is 14.6. The minimum atomic E-state index is -0.669. The highest BCUT2D eigenvalue weighted by molar-refractivity contribution is 7.16. The topological polar surface area (TPSA) is 34.2 Å². The summed E-state index contributed by atoms with van der Waals surface area (Å²) in [6.45, 7) is 1.26. The molecular weight excluding hydrogens is 485 g/mol. The molecular formula is C25H18Cl2F2N2OS. The smallest absolute Gasteiger partial charge is 0.183 e. The van der Waals surface area contributed by atoms with Gasteiger partial charge < -0.3 is 10.1 Å². The Kier molecular flexibility index (Phi) is 6.23. The lowest BCUT2D eigenvalue weighted by Crippen LogP contribution is -1.99. The van der Waals surface area contributed by atoms with Gasteiger partial charge in [-0.25, -0.2) is 13.8 Å². The minimum absolute atomic E-state index is 0.230. The van der Waals surface area contributed by atoms with Crippen molar-refractivity contribution in [1.82, 2.24) is 4.98 Å². The Morgan fingerprint density at radius 1 is 1.03 bits per heavy atom. The molecule has 0 aliphatic carbocycles. The van der Waals surface area contributed by atoms with Crippen LogP contribution in [-0.2, 0) is 19.4 Å². The molecule has 1 aromatic heterocycles. The van der Waals surface area contributed by atoms with Crippen molar-refractivity contribution >= 4 is 39.7 Å². The summed E-state index contributed by atoms with van der Waals surface area (Å²) in [7, 11) is 0. The van der Waals surface area contributed by atoms with Gasteiger partial charge in [0.15, 0.2) is 5.13 Å². The van der Waals surface area contributed by atoms with Crippen molar-refractivity contribution in [3.05, 3.63) is 97.8 Å². The Labute approximate surface area is 204 Å². The lowest BCUT2D eigenvalue weighted by atomic mass is 10.1. The van der Waals surface area contributed by atoms with Crippen LogP contribution in [0.4, 0.5) is 13.9 Å². The fourth-order valence-corrected chi connectivity index (χ4v) is 5.34. The summed E-state index contributed by atoms with van der Waals surface area (Å²) in [5.41, 5.74) is 3.70. The second-order valence-corrected chi connectivity index (χ2v) is 9.58. The van der Waals surface area contributed by atoms with E-state index in [1.54, 1.807) is 18.2 Å². The molecule has 0 saturated carbocycles. The number of benzene rings is 3. The number of anilines is 1. The van der Waals surface area contributed by atoms with E-state index >= 15 is 0 Å². The second-order valence-electron chi connectivity index (χ2n) is 7.69. The fraction of sp³-hybridized carbons (Fsp3) is 0.160. The SMILES string of the molecule is Fc1ccc(-c2nc(NCc3ccc4c(c3)CCO4)sc2Cc2c(Cl)cccc2Cl)c(F)c1. The number of hydrogen-bond donors (Lipinski definition) is 1. The first-order valence-corrected chi connectivity index (χ1v) is 11.9. The van der Waals surface area contributed by atoms with Gasteiger partial charge in [-0.05, 0) is 47.0 Å². The van der Waals surface area contributed by atoms with Gasteiger partial charge in [-0.15, -0.1) is 11.3 Å². The molecule has 0 saturated heterocycles. The van der Waals surface area contributed by atoms with Crippen LogP contribution in [-0.4, -0.2) is 11.6 Å². The first-order chi connectivity index (χ1) is 16.0. The van der Waals surface area contributed by atoms with E-state index in [-0.39, 0.29) is 5.56 Å². The standard InChI is InChI=1S/C25H18Cl2F2N2OS/c26-19-2-1-3-20(27)18(19)12-23-24(17-6-5-16(28)11-21(17)29)31-25(33-23)30-13-14-4-7-22-15(10-14)8-9-32-22/h1-7,10-11H,8-9,12-13H2,(H,30,31). The molecule has 5 rings (SSSR count). The molecule has 1 aliphatic heterocycles. The fourth-order valence-electron chi connectivity index (χ4n) is 3.83. The van der Waals surface area contributed by atoms with Crippen molar-refractivity contribution in [3.8, 4) is 17.0 Å². The summed E-state index contributed by atoms with van der Waals surface area (Å²) in [6, 6.07) is 14.9. The van der Waals surface area contributed by atoms with Gasteiger partial charge >= 0.3 is 0 Å². The molecule has 0 amide bonds. The van der Waals surface area contributed by atoms with Gasteiger partial charge in [0.2, 0.25) is 0 Å². The summed E-state index contributed by atoms with van der Waals surface area (Å²) in [6.07, 6.45) is 1.28. The normalized spacial score (nSPS) is 12.5. The van der Waals surface area contributed by atoms with Crippen LogP contribution < -0.4 is 10.1 Å². The predicted octanol–water partition coefficient (Wildman–Crippen LogP) is 7.53. The molecule has 3 nitrogen and oxygen atoms in total. The summed E-state index contributed by atoms with van der Waals surface area (Å²) in [4.78, 5) is 5.43. The van der Waals surface area contributed by atoms with Crippen molar-refractivity contribution in [1.29, 1.82) is 0 Å². The van der Waals surface area contributed by atoms with Gasteiger partial charge in [0, 0.05) is 45.9 Å². The van der Waals surface area contributed by atoms with E-state index < -0.39 is 11.6 Å². The monoisotopic (exact) mass is 502 g/mol. The van der Waals surface area contributed by atoms with Crippen LogP contribution in [0.25, 0.3) is 11.3 Å². The predicted molar refractivity (Wildman–Crippen MR) is 130 cm³/mol. The lowest BCUT2D eigenvalue weighted by Gasteiger charge is -2.07. The summed E-state index contributed by atoms with van der Waals surface area (Å²) < 4.78 is 33.7. The number of ether oxygens (including phenoxy) is 1. The van der Waals surface area contributed by atoms with Crippen LogP contribution in [0.3, 0.4) is 0 Å². The molecule has 0 atom stereocenters. The van der Waals surface area contributed by atoms with E-state index in [9.17, 15) is 8.78 Å². The van der Waals surface area contributed by atoms with Crippen LogP contribution >= 0.6 is 34.5 Å². The van der Waals surface area contributed by atoms with E-state index in [4.69, 9.17) is 27.9 Å². The Balaban J connectivity index is 1.47. The Bertz CT molecular complexity index is 1320. The third kappa shape index (κ3) is 4.69. The van der Waals surface area contributed by atoms with Crippen molar-refractivity contribution in [2.24, 2.45) is 0 Å². The van der Waals surface area contributed by atoms with E-state index in [2.05, 4.69) is 16.4 Å². The molecule has 0 fully saturated rings. The number of aromatic nitrogens is 1. The Morgan fingerprint density at radius 3 is 2.64 bits per heavy atom. The number of fused-ring (bicyclic) bond motifs is 1. The molecule has 0 radical (unpaired) electrons. The number of thiazole rings is 1. The number of nitrogens with one attached hydrogen (secondary N) is 1. The van der Waals surface area contributed by atoms with E-state index in [1.165, 1.54) is 29.0 Å². The van der Waals surface area contributed by atoms with Gasteiger partial charge in [0.05, 0.1) is 12.3 Å². The zero-order chi connectivity index (χ0) is 22.9. The first kappa shape index (κ1) is 22.1. The highest BCUT2D eigenvalue weighted by Crippen LogP contribution is 2.37. The number of rotatable bonds is 6. The second kappa shape index (κ2) is 9.29. The van der Waals surface area contributed by atoms with E-state index in [0.29, 0.717) is 40.4 Å².